The van der Waals surface area contributed by atoms with Crippen LogP contribution in [0.5, 0.6) is 0 Å². The molecular formula is C16H31NO7. The van der Waals surface area contributed by atoms with Crippen LogP contribution in [0, 0.1) is 17.8 Å². The molecule has 142 valence electrons. The van der Waals surface area contributed by atoms with E-state index in [-0.39, 0.29) is 24.5 Å². The van der Waals surface area contributed by atoms with Crippen LogP contribution in [0.2, 0.25) is 0 Å². The lowest BCUT2D eigenvalue weighted by atomic mass is 9.75. The minimum atomic E-state index is -2.13. The molecule has 0 radical (unpaired) electrons. The monoisotopic (exact) mass is 349 g/mol. The van der Waals surface area contributed by atoms with Crippen molar-refractivity contribution in [2.45, 2.75) is 70.6 Å². The van der Waals surface area contributed by atoms with E-state index in [1.165, 1.54) is 0 Å². The van der Waals surface area contributed by atoms with Gasteiger partial charge in [-0.25, -0.2) is 4.79 Å². The molecule has 1 fully saturated rings. The molecule has 0 amide bonds. The third-order valence-corrected chi connectivity index (χ3v) is 4.61. The molecule has 1 aliphatic carbocycles. The number of aliphatic hydroxyl groups excluding tert-OH is 3. The predicted molar refractivity (Wildman–Crippen MR) is 85.1 cm³/mol. The Labute approximate surface area is 142 Å². The normalized spacial score (nSPS) is 29.1. The molecule has 0 aromatic rings. The topological polar surface area (TPSA) is 164 Å². The Kier molecular flexibility index (Phi) is 9.61. The van der Waals surface area contributed by atoms with Crippen LogP contribution in [0.25, 0.3) is 0 Å². The summed E-state index contributed by atoms with van der Waals surface area (Å²) in [6.45, 7) is 6.11. The highest BCUT2D eigenvalue weighted by Crippen LogP contribution is 2.35. The van der Waals surface area contributed by atoms with E-state index in [4.69, 9.17) is 4.74 Å². The Balaban J connectivity index is 0.00000529. The van der Waals surface area contributed by atoms with Crippen LogP contribution >= 0.6 is 0 Å². The molecule has 24 heavy (non-hydrogen) atoms. The van der Waals surface area contributed by atoms with Crippen molar-refractivity contribution in [1.82, 2.24) is 6.15 Å². The molecule has 3 unspecified atom stereocenters. The summed E-state index contributed by atoms with van der Waals surface area (Å²) in [7, 11) is 0. The molecule has 7 atom stereocenters. The molecular weight excluding hydrogens is 318 g/mol. The maximum Gasteiger partial charge on any atom is 0.338 e. The maximum atomic E-state index is 12.0. The molecule has 0 aliphatic heterocycles. The summed E-state index contributed by atoms with van der Waals surface area (Å²) in [5.74, 6) is -0.239. The molecule has 1 rings (SSSR count). The second-order valence-electron chi connectivity index (χ2n) is 6.83. The molecule has 0 saturated heterocycles. The highest BCUT2D eigenvalue weighted by Gasteiger charge is 2.38. The molecule has 0 bridgehead atoms. The van der Waals surface area contributed by atoms with Gasteiger partial charge < -0.3 is 36.1 Å². The molecule has 0 aromatic carbocycles. The number of carbonyl (C=O) groups excluding carboxylic acids is 2. The van der Waals surface area contributed by atoms with Crippen molar-refractivity contribution in [1.29, 1.82) is 0 Å². The molecule has 1 aliphatic rings. The summed E-state index contributed by atoms with van der Waals surface area (Å²) >= 11 is 0. The predicted octanol–water partition coefficient (Wildman–Crippen LogP) is -0.623. The van der Waals surface area contributed by atoms with Crippen LogP contribution in [0.4, 0.5) is 0 Å². The van der Waals surface area contributed by atoms with Crippen molar-refractivity contribution in [3.05, 3.63) is 0 Å². The fourth-order valence-corrected chi connectivity index (χ4v) is 3.07. The van der Waals surface area contributed by atoms with Gasteiger partial charge in [-0.15, -0.1) is 0 Å². The van der Waals surface area contributed by atoms with Crippen molar-refractivity contribution >= 4 is 12.3 Å². The fourth-order valence-electron chi connectivity index (χ4n) is 3.07. The zero-order chi connectivity index (χ0) is 17.7. The number of rotatable bonds is 7. The second-order valence-corrected chi connectivity index (χ2v) is 6.83. The summed E-state index contributed by atoms with van der Waals surface area (Å²) in [5, 5.41) is 40.0. The quantitative estimate of drug-likeness (QED) is 0.351. The number of aldehydes is 1. The Morgan fingerprint density at radius 3 is 2.29 bits per heavy atom. The summed E-state index contributed by atoms with van der Waals surface area (Å²) in [4.78, 5) is 22.3. The first kappa shape index (κ1) is 22.9. The highest BCUT2D eigenvalue weighted by atomic mass is 16.6. The third-order valence-electron chi connectivity index (χ3n) is 4.61. The molecule has 0 heterocycles. The second kappa shape index (κ2) is 10.0. The van der Waals surface area contributed by atoms with E-state index >= 15 is 0 Å². The molecule has 8 heteroatoms. The number of hydrogen-bond acceptors (Lipinski definition) is 7. The lowest BCUT2D eigenvalue weighted by Crippen LogP contribution is -2.53. The average Bonchev–Trinajstić information content (AvgIpc) is 2.51. The van der Waals surface area contributed by atoms with Crippen LogP contribution in [-0.2, 0) is 14.3 Å². The van der Waals surface area contributed by atoms with Gasteiger partial charge in [0.15, 0.2) is 6.10 Å². The minimum Gasteiger partial charge on any atom is -0.845 e. The lowest BCUT2D eigenvalue weighted by Gasteiger charge is -2.37. The molecule has 0 aromatic heterocycles. The Morgan fingerprint density at radius 1 is 1.21 bits per heavy atom. The summed E-state index contributed by atoms with van der Waals surface area (Å²) in [5.41, 5.74) is 0. The van der Waals surface area contributed by atoms with Crippen LogP contribution in [0.15, 0.2) is 0 Å². The van der Waals surface area contributed by atoms with Crippen LogP contribution in [0.1, 0.15) is 40.0 Å². The SMILES string of the molecule is CC1CCC(C(C)C)C(OC(=O)[C@@H](O)[C@@H](O)[C@H](O)[C@@H]([O-])C=O)C1.[NH4+]. The van der Waals surface area contributed by atoms with Gasteiger partial charge in [0.05, 0.1) is 6.10 Å². The van der Waals surface area contributed by atoms with Crippen molar-refractivity contribution in [3.8, 4) is 0 Å². The van der Waals surface area contributed by atoms with E-state index in [0.29, 0.717) is 18.3 Å². The minimum absolute atomic E-state index is 0. The number of hydrogen-bond donors (Lipinski definition) is 4. The Bertz CT molecular complexity index is 404. The van der Waals surface area contributed by atoms with Gasteiger partial charge in [-0.2, -0.15) is 0 Å². The van der Waals surface area contributed by atoms with Crippen molar-refractivity contribution in [2.24, 2.45) is 17.8 Å². The number of esters is 1. The van der Waals surface area contributed by atoms with E-state index in [0.717, 1.165) is 12.8 Å². The van der Waals surface area contributed by atoms with E-state index in [2.05, 4.69) is 6.92 Å². The molecule has 7 N–H and O–H groups in total. The van der Waals surface area contributed by atoms with E-state index in [9.17, 15) is 30.0 Å². The van der Waals surface area contributed by atoms with Crippen molar-refractivity contribution in [3.63, 3.8) is 0 Å². The fraction of sp³-hybridized carbons (Fsp3) is 0.875. The summed E-state index contributed by atoms with van der Waals surface area (Å²) in [6, 6.07) is 0. The Hall–Kier alpha value is -1.06. The highest BCUT2D eigenvalue weighted by molar-refractivity contribution is 5.75. The number of carbonyl (C=O) groups is 2. The van der Waals surface area contributed by atoms with Crippen molar-refractivity contribution in [2.75, 3.05) is 0 Å². The smallest absolute Gasteiger partial charge is 0.338 e. The maximum absolute atomic E-state index is 12.0. The van der Waals surface area contributed by atoms with Gasteiger partial charge in [-0.05, 0) is 36.7 Å². The zero-order valence-electron chi connectivity index (χ0n) is 14.8. The first-order chi connectivity index (χ1) is 10.7. The van der Waals surface area contributed by atoms with Crippen LogP contribution in [-0.4, -0.2) is 58.1 Å². The largest absolute Gasteiger partial charge is 0.845 e. The molecule has 1 saturated carbocycles. The van der Waals surface area contributed by atoms with Crippen LogP contribution < -0.4 is 11.3 Å². The van der Waals surface area contributed by atoms with Gasteiger partial charge in [0, 0.05) is 0 Å². The van der Waals surface area contributed by atoms with Gasteiger partial charge in [0.2, 0.25) is 0 Å². The lowest BCUT2D eigenvalue weighted by molar-refractivity contribution is -0.422. The standard InChI is InChI=1S/C16H27O7.H3N/c1-8(2)10-5-4-9(3)6-12(10)23-16(22)15(21)14(20)13(19)11(18)7-17;/h7-15,19-21H,4-6H2,1-3H3;1H3/q-1;/p+1/t9?,10?,11-,12?,13+,14-,15-;/m0./s1. The van der Waals surface area contributed by atoms with Gasteiger partial charge in [-0.3, -0.25) is 0 Å². The van der Waals surface area contributed by atoms with E-state index < -0.39 is 30.4 Å². The number of quaternary nitrogens is 1. The molecule has 0 spiro atoms. The van der Waals surface area contributed by atoms with Crippen molar-refractivity contribution < 1.29 is 34.8 Å². The van der Waals surface area contributed by atoms with Gasteiger partial charge in [0.1, 0.15) is 18.5 Å². The van der Waals surface area contributed by atoms with Gasteiger partial charge >= 0.3 is 5.97 Å². The Morgan fingerprint density at radius 2 is 1.79 bits per heavy atom. The number of ether oxygens (including phenoxy) is 1. The summed E-state index contributed by atoms with van der Waals surface area (Å²) in [6.07, 6.45) is -6.18. The number of aliphatic hydroxyl groups is 3. The van der Waals surface area contributed by atoms with Crippen LogP contribution in [0.3, 0.4) is 0 Å². The molecule has 8 nitrogen and oxygen atoms in total. The summed E-state index contributed by atoms with van der Waals surface area (Å²) < 4.78 is 5.33. The van der Waals surface area contributed by atoms with Gasteiger partial charge in [-0.1, -0.05) is 27.2 Å². The first-order valence-electron chi connectivity index (χ1n) is 8.04. The van der Waals surface area contributed by atoms with Gasteiger partial charge in [0.25, 0.3) is 0 Å². The average molecular weight is 349 g/mol. The first-order valence-corrected chi connectivity index (χ1v) is 8.04. The van der Waals surface area contributed by atoms with E-state index in [1.54, 1.807) is 0 Å². The van der Waals surface area contributed by atoms with E-state index in [1.807, 2.05) is 13.8 Å². The third kappa shape index (κ3) is 5.78. The zero-order valence-corrected chi connectivity index (χ0v) is 14.8.